The van der Waals surface area contributed by atoms with Gasteiger partial charge in [0.25, 0.3) is 11.8 Å². The van der Waals surface area contributed by atoms with Gasteiger partial charge in [-0.05, 0) is 55.7 Å². The highest BCUT2D eigenvalue weighted by Gasteiger charge is 2.25. The number of amides is 2. The highest BCUT2D eigenvalue weighted by Crippen LogP contribution is 2.35. The van der Waals surface area contributed by atoms with Crippen molar-refractivity contribution in [3.63, 3.8) is 0 Å². The molecule has 6 rings (SSSR count). The number of fused-ring (bicyclic) bond motifs is 2. The largest absolute Gasteiger partial charge is 0.485 e. The smallest absolute Gasteiger partial charge is 0.269 e. The molecule has 2 fully saturated rings. The van der Waals surface area contributed by atoms with Crippen molar-refractivity contribution >= 4 is 34.1 Å². The number of aromatic nitrogens is 1. The van der Waals surface area contributed by atoms with Crippen LogP contribution in [0.2, 0.25) is 0 Å². The number of para-hydroxylation sites is 1. The number of nitrogens with zero attached hydrogens (tertiary/aromatic N) is 4. The Labute approximate surface area is 252 Å². The number of nitrogens with one attached hydrogen (secondary N) is 2. The summed E-state index contributed by atoms with van der Waals surface area (Å²) in [6, 6.07) is 16.1. The lowest BCUT2D eigenvalue weighted by atomic mass is 10.1. The van der Waals surface area contributed by atoms with Crippen molar-refractivity contribution in [2.24, 2.45) is 0 Å². The first-order chi connectivity index (χ1) is 21.0. The van der Waals surface area contributed by atoms with Crippen LogP contribution >= 0.6 is 0 Å². The van der Waals surface area contributed by atoms with Gasteiger partial charge in [0.15, 0.2) is 0 Å². The number of hydrogen-bond acceptors (Lipinski definition) is 8. The number of hydrogen-bond donors (Lipinski definition) is 2. The molecule has 3 aromatic rings. The number of rotatable bonds is 6. The van der Waals surface area contributed by atoms with E-state index in [1.807, 2.05) is 36.1 Å². The van der Waals surface area contributed by atoms with Gasteiger partial charge in [-0.25, -0.2) is 4.98 Å². The van der Waals surface area contributed by atoms with Gasteiger partial charge in [-0.3, -0.25) is 14.5 Å². The topological polar surface area (TPSA) is 99.3 Å². The second-order valence-electron chi connectivity index (χ2n) is 11.3. The summed E-state index contributed by atoms with van der Waals surface area (Å²) in [4.78, 5) is 36.5. The van der Waals surface area contributed by atoms with Gasteiger partial charge in [-0.1, -0.05) is 18.2 Å². The normalized spacial score (nSPS) is 18.7. The van der Waals surface area contributed by atoms with Crippen molar-refractivity contribution < 1.29 is 19.1 Å². The lowest BCUT2D eigenvalue weighted by Crippen LogP contribution is -2.47. The first kappa shape index (κ1) is 28.9. The summed E-state index contributed by atoms with van der Waals surface area (Å²) in [7, 11) is 1.62. The summed E-state index contributed by atoms with van der Waals surface area (Å²) in [5.41, 5.74) is 6.03. The Balaban J connectivity index is 1.06. The summed E-state index contributed by atoms with van der Waals surface area (Å²) < 4.78 is 11.8. The average molecular weight is 585 g/mol. The van der Waals surface area contributed by atoms with Gasteiger partial charge < -0.3 is 29.9 Å². The minimum Gasteiger partial charge on any atom is -0.485 e. The predicted molar refractivity (Wildman–Crippen MR) is 168 cm³/mol. The highest BCUT2D eigenvalue weighted by atomic mass is 16.5. The monoisotopic (exact) mass is 584 g/mol. The van der Waals surface area contributed by atoms with Crippen LogP contribution in [-0.4, -0.2) is 99.3 Å². The Morgan fingerprint density at radius 3 is 2.65 bits per heavy atom. The van der Waals surface area contributed by atoms with Crippen molar-refractivity contribution in [3.05, 3.63) is 71.1 Å². The van der Waals surface area contributed by atoms with Crippen molar-refractivity contribution in [2.75, 3.05) is 82.9 Å². The zero-order valence-corrected chi connectivity index (χ0v) is 25.0. The molecule has 0 aliphatic carbocycles. The van der Waals surface area contributed by atoms with Crippen LogP contribution in [-0.2, 0) is 16.0 Å². The van der Waals surface area contributed by atoms with E-state index in [2.05, 4.69) is 43.6 Å². The van der Waals surface area contributed by atoms with Crippen LogP contribution in [0.15, 0.2) is 59.8 Å². The first-order valence-corrected chi connectivity index (χ1v) is 15.2. The van der Waals surface area contributed by atoms with E-state index in [-0.39, 0.29) is 11.8 Å². The molecular formula is C33H40N6O4. The minimum absolute atomic E-state index is 0.0451. The van der Waals surface area contributed by atoms with Crippen LogP contribution in [0.4, 0.5) is 11.4 Å². The van der Waals surface area contributed by atoms with E-state index in [1.165, 1.54) is 5.56 Å². The van der Waals surface area contributed by atoms with E-state index >= 15 is 0 Å². The number of benzene rings is 2. The Morgan fingerprint density at radius 1 is 0.977 bits per heavy atom. The van der Waals surface area contributed by atoms with Gasteiger partial charge in [0, 0.05) is 76.1 Å². The van der Waals surface area contributed by atoms with E-state index in [1.54, 1.807) is 13.1 Å². The molecular weight excluding hydrogens is 544 g/mol. The first-order valence-electron chi connectivity index (χ1n) is 15.2. The number of pyridine rings is 1. The molecule has 10 heteroatoms. The SMILES string of the molecule is CNC(=O)c1ccc2c(N3CCN(CCc4cccc5c4OC/C(=C(/C)C(=O)N4CCCOCC4)N5)CC3)cccc2n1. The van der Waals surface area contributed by atoms with Gasteiger partial charge in [0.2, 0.25) is 0 Å². The molecule has 4 heterocycles. The Kier molecular flexibility index (Phi) is 8.76. The number of carbonyl (C=O) groups excluding carboxylic acids is 2. The fourth-order valence-electron chi connectivity index (χ4n) is 6.07. The van der Waals surface area contributed by atoms with Crippen LogP contribution < -0.4 is 20.3 Å². The van der Waals surface area contributed by atoms with E-state index in [0.29, 0.717) is 37.6 Å². The number of anilines is 2. The molecule has 10 nitrogen and oxygen atoms in total. The van der Waals surface area contributed by atoms with Crippen LogP contribution in [0.1, 0.15) is 29.4 Å². The maximum absolute atomic E-state index is 13.1. The molecule has 1 aromatic heterocycles. The van der Waals surface area contributed by atoms with Gasteiger partial charge in [-0.15, -0.1) is 0 Å². The number of ether oxygens (including phenoxy) is 2. The molecule has 43 heavy (non-hydrogen) atoms. The average Bonchev–Trinajstić information content (AvgIpc) is 3.35. The van der Waals surface area contributed by atoms with Crippen molar-refractivity contribution in [1.82, 2.24) is 20.1 Å². The van der Waals surface area contributed by atoms with E-state index in [4.69, 9.17) is 9.47 Å². The molecule has 0 spiro atoms. The number of carbonyl (C=O) groups is 2. The van der Waals surface area contributed by atoms with Crippen LogP contribution in [0.5, 0.6) is 5.75 Å². The zero-order valence-electron chi connectivity index (χ0n) is 25.0. The Hall–Kier alpha value is -4.15. The lowest BCUT2D eigenvalue weighted by molar-refractivity contribution is -0.127. The van der Waals surface area contributed by atoms with Gasteiger partial charge in [-0.2, -0.15) is 0 Å². The highest BCUT2D eigenvalue weighted by molar-refractivity contribution is 5.98. The molecule has 0 saturated carbocycles. The summed E-state index contributed by atoms with van der Waals surface area (Å²) in [5, 5.41) is 7.20. The molecule has 2 N–H and O–H groups in total. The zero-order chi connectivity index (χ0) is 29.8. The molecule has 3 aliphatic heterocycles. The number of piperazine rings is 1. The lowest BCUT2D eigenvalue weighted by Gasteiger charge is -2.36. The Morgan fingerprint density at radius 2 is 1.81 bits per heavy atom. The molecule has 2 amide bonds. The van der Waals surface area contributed by atoms with Gasteiger partial charge in [0.05, 0.1) is 23.5 Å². The van der Waals surface area contributed by atoms with Crippen molar-refractivity contribution in [1.29, 1.82) is 0 Å². The third-order valence-electron chi connectivity index (χ3n) is 8.60. The maximum Gasteiger partial charge on any atom is 0.269 e. The quantitative estimate of drug-likeness (QED) is 0.426. The molecule has 0 radical (unpaired) electrons. The fourth-order valence-corrected chi connectivity index (χ4v) is 6.07. The molecule has 3 aliphatic rings. The Bertz CT molecular complexity index is 1520. The fraction of sp³-hybridized carbons (Fsp3) is 0.424. The summed E-state index contributed by atoms with van der Waals surface area (Å²) in [5.74, 6) is 0.749. The standard InChI is InChI=1S/C33H40N6O4/c1-23(33(41)39-13-5-20-42-21-19-39)29-22-43-31-24(6-3-8-27(31)36-29)12-14-37-15-17-38(18-16-37)30-9-4-7-26-25(30)10-11-28(35-26)32(40)34-2/h3-4,6-11,36H,5,12-22H2,1-2H3,(H,34,40)/b29-23+. The molecule has 0 bridgehead atoms. The molecule has 226 valence electrons. The van der Waals surface area contributed by atoms with Gasteiger partial charge >= 0.3 is 0 Å². The van der Waals surface area contributed by atoms with Gasteiger partial charge in [0.1, 0.15) is 18.1 Å². The van der Waals surface area contributed by atoms with Crippen LogP contribution in [0.25, 0.3) is 10.9 Å². The molecule has 0 atom stereocenters. The van der Waals surface area contributed by atoms with Crippen molar-refractivity contribution in [3.8, 4) is 5.75 Å². The molecule has 0 unspecified atom stereocenters. The third-order valence-corrected chi connectivity index (χ3v) is 8.60. The second-order valence-corrected chi connectivity index (χ2v) is 11.3. The third kappa shape index (κ3) is 6.30. The van der Waals surface area contributed by atoms with E-state index in [9.17, 15) is 9.59 Å². The summed E-state index contributed by atoms with van der Waals surface area (Å²) in [6.45, 7) is 9.58. The second kappa shape index (κ2) is 13.0. The van der Waals surface area contributed by atoms with Crippen LogP contribution in [0, 0.1) is 0 Å². The molecule has 2 saturated heterocycles. The maximum atomic E-state index is 13.1. The van der Waals surface area contributed by atoms with Crippen molar-refractivity contribution in [2.45, 2.75) is 19.8 Å². The predicted octanol–water partition coefficient (Wildman–Crippen LogP) is 3.29. The minimum atomic E-state index is -0.178. The summed E-state index contributed by atoms with van der Waals surface area (Å²) >= 11 is 0. The van der Waals surface area contributed by atoms with E-state index in [0.717, 1.165) is 85.8 Å². The summed E-state index contributed by atoms with van der Waals surface area (Å²) in [6.07, 6.45) is 1.75. The van der Waals surface area contributed by atoms with Crippen LogP contribution in [0.3, 0.4) is 0 Å². The molecule has 2 aromatic carbocycles. The van der Waals surface area contributed by atoms with E-state index < -0.39 is 0 Å².